The molecule has 0 aliphatic rings. The molecular formula is C12H18N2O3S. The Morgan fingerprint density at radius 1 is 1.33 bits per heavy atom. The smallest absolute Gasteiger partial charge is 0.239 e. The van der Waals surface area contributed by atoms with Crippen LogP contribution in [0.25, 0.3) is 0 Å². The molecule has 1 rings (SSSR count). The normalized spacial score (nSPS) is 11.2. The number of anilines is 2. The summed E-state index contributed by atoms with van der Waals surface area (Å²) in [5.41, 5.74) is 6.50. The molecule has 0 atom stereocenters. The molecule has 0 aliphatic carbocycles. The van der Waals surface area contributed by atoms with Gasteiger partial charge in [0.1, 0.15) is 5.75 Å². The van der Waals surface area contributed by atoms with Crippen molar-refractivity contribution < 1.29 is 13.2 Å². The van der Waals surface area contributed by atoms with Crippen molar-refractivity contribution in [2.24, 2.45) is 0 Å². The second-order valence-corrected chi connectivity index (χ2v) is 6.27. The first-order chi connectivity index (χ1) is 8.44. The van der Waals surface area contributed by atoms with E-state index in [0.717, 1.165) is 6.42 Å². The highest BCUT2D eigenvalue weighted by molar-refractivity contribution is 7.92. The summed E-state index contributed by atoms with van der Waals surface area (Å²) in [7, 11) is -3.33. The minimum atomic E-state index is -3.33. The van der Waals surface area contributed by atoms with Crippen LogP contribution in [0.2, 0.25) is 0 Å². The van der Waals surface area contributed by atoms with Crippen molar-refractivity contribution >= 4 is 27.1 Å². The number of rotatable bonds is 6. The number of nitrogens with two attached hydrogens (primary N) is 1. The van der Waals surface area contributed by atoms with Crippen LogP contribution in [0.1, 0.15) is 19.8 Å². The lowest BCUT2D eigenvalue weighted by Crippen LogP contribution is -2.25. The van der Waals surface area contributed by atoms with Crippen LogP contribution in [0.15, 0.2) is 24.3 Å². The standard InChI is InChI=1S/C12H18N2O3S/c1-2-3-8-18(16,17)9-12(15)14-11-7-5-4-6-10(11)13/h4-7H,2-3,8-9,13H2,1H3,(H,14,15). The Balaban J connectivity index is 2.60. The summed E-state index contributed by atoms with van der Waals surface area (Å²) < 4.78 is 23.2. The predicted molar refractivity (Wildman–Crippen MR) is 73.0 cm³/mol. The molecular weight excluding hydrogens is 252 g/mol. The number of benzene rings is 1. The van der Waals surface area contributed by atoms with Crippen LogP contribution in [0.3, 0.4) is 0 Å². The molecule has 0 fully saturated rings. The molecule has 0 saturated heterocycles. The van der Waals surface area contributed by atoms with Gasteiger partial charge in [-0.1, -0.05) is 25.5 Å². The molecule has 6 heteroatoms. The van der Waals surface area contributed by atoms with Gasteiger partial charge in [-0.05, 0) is 18.6 Å². The second kappa shape index (κ2) is 6.39. The first-order valence-electron chi connectivity index (χ1n) is 5.79. The summed E-state index contributed by atoms with van der Waals surface area (Å²) in [6.45, 7) is 1.90. The maximum Gasteiger partial charge on any atom is 0.239 e. The van der Waals surface area contributed by atoms with Crippen molar-refractivity contribution in [2.75, 3.05) is 22.6 Å². The minimum absolute atomic E-state index is 0.0428. The Labute approximate surface area is 107 Å². The van der Waals surface area contributed by atoms with Crippen molar-refractivity contribution in [3.8, 4) is 0 Å². The average molecular weight is 270 g/mol. The van der Waals surface area contributed by atoms with Gasteiger partial charge in [0.05, 0.1) is 17.1 Å². The van der Waals surface area contributed by atoms with Gasteiger partial charge >= 0.3 is 0 Å². The van der Waals surface area contributed by atoms with E-state index >= 15 is 0 Å². The van der Waals surface area contributed by atoms with Crippen molar-refractivity contribution in [1.82, 2.24) is 0 Å². The summed E-state index contributed by atoms with van der Waals surface area (Å²) in [6, 6.07) is 6.73. The molecule has 18 heavy (non-hydrogen) atoms. The van der Waals surface area contributed by atoms with Gasteiger partial charge in [0.15, 0.2) is 9.84 Å². The lowest BCUT2D eigenvalue weighted by Gasteiger charge is -2.08. The van der Waals surface area contributed by atoms with Gasteiger partial charge in [0.2, 0.25) is 5.91 Å². The predicted octanol–water partition coefficient (Wildman–Crippen LogP) is 1.42. The Bertz CT molecular complexity index is 512. The van der Waals surface area contributed by atoms with E-state index < -0.39 is 21.5 Å². The van der Waals surface area contributed by atoms with E-state index in [2.05, 4.69) is 5.32 Å². The van der Waals surface area contributed by atoms with Gasteiger partial charge < -0.3 is 11.1 Å². The monoisotopic (exact) mass is 270 g/mol. The molecule has 0 aromatic heterocycles. The maximum atomic E-state index is 11.6. The zero-order valence-electron chi connectivity index (χ0n) is 10.3. The van der Waals surface area contributed by atoms with Gasteiger partial charge in [0, 0.05) is 0 Å². The third kappa shape index (κ3) is 4.75. The van der Waals surface area contributed by atoms with E-state index in [1.54, 1.807) is 24.3 Å². The Kier molecular flexibility index (Phi) is 5.15. The maximum absolute atomic E-state index is 11.6. The lowest BCUT2D eigenvalue weighted by atomic mass is 10.3. The number of carbonyl (C=O) groups excluding carboxylic acids is 1. The molecule has 0 aliphatic heterocycles. The molecule has 1 amide bonds. The Morgan fingerprint density at radius 3 is 2.61 bits per heavy atom. The first-order valence-corrected chi connectivity index (χ1v) is 7.61. The quantitative estimate of drug-likeness (QED) is 0.765. The summed E-state index contributed by atoms with van der Waals surface area (Å²) in [5, 5.41) is 2.50. The molecule has 0 unspecified atom stereocenters. The van der Waals surface area contributed by atoms with Gasteiger partial charge in [0.25, 0.3) is 0 Å². The van der Waals surface area contributed by atoms with Gasteiger partial charge in [-0.25, -0.2) is 8.42 Å². The molecule has 0 saturated carbocycles. The number of carbonyl (C=O) groups is 1. The largest absolute Gasteiger partial charge is 0.397 e. The summed E-state index contributed by atoms with van der Waals surface area (Å²) in [5.74, 6) is -1.01. The molecule has 5 nitrogen and oxygen atoms in total. The molecule has 100 valence electrons. The number of sulfone groups is 1. The fourth-order valence-corrected chi connectivity index (χ4v) is 2.78. The highest BCUT2D eigenvalue weighted by Gasteiger charge is 2.16. The highest BCUT2D eigenvalue weighted by atomic mass is 32.2. The van der Waals surface area contributed by atoms with Crippen molar-refractivity contribution in [2.45, 2.75) is 19.8 Å². The summed E-state index contributed by atoms with van der Waals surface area (Å²) in [6.07, 6.45) is 1.36. The first kappa shape index (κ1) is 14.5. The van der Waals surface area contributed by atoms with Gasteiger partial charge in [-0.2, -0.15) is 0 Å². The fraction of sp³-hybridized carbons (Fsp3) is 0.417. The van der Waals surface area contributed by atoms with Crippen LogP contribution in [-0.2, 0) is 14.6 Å². The second-order valence-electron chi connectivity index (χ2n) is 4.08. The van der Waals surface area contributed by atoms with Crippen molar-refractivity contribution in [1.29, 1.82) is 0 Å². The van der Waals surface area contributed by atoms with E-state index in [1.807, 2.05) is 6.92 Å². The van der Waals surface area contributed by atoms with Gasteiger partial charge in [-0.15, -0.1) is 0 Å². The van der Waals surface area contributed by atoms with Crippen LogP contribution in [0.4, 0.5) is 11.4 Å². The molecule has 0 heterocycles. The highest BCUT2D eigenvalue weighted by Crippen LogP contribution is 2.16. The van der Waals surface area contributed by atoms with Crippen LogP contribution in [0.5, 0.6) is 0 Å². The molecule has 1 aromatic carbocycles. The molecule has 1 aromatic rings. The van der Waals surface area contributed by atoms with E-state index in [9.17, 15) is 13.2 Å². The molecule has 0 bridgehead atoms. The SMILES string of the molecule is CCCCS(=O)(=O)CC(=O)Nc1ccccc1N. The molecule has 3 N–H and O–H groups in total. The average Bonchev–Trinajstić information content (AvgIpc) is 2.29. The zero-order chi connectivity index (χ0) is 13.6. The van der Waals surface area contributed by atoms with Crippen molar-refractivity contribution in [3.05, 3.63) is 24.3 Å². The van der Waals surface area contributed by atoms with Crippen LogP contribution >= 0.6 is 0 Å². The number of nitrogen functional groups attached to an aromatic ring is 1. The van der Waals surface area contributed by atoms with E-state index in [4.69, 9.17) is 5.73 Å². The van der Waals surface area contributed by atoms with E-state index in [0.29, 0.717) is 17.8 Å². The fourth-order valence-electron chi connectivity index (χ4n) is 1.43. The Morgan fingerprint density at radius 2 is 2.00 bits per heavy atom. The van der Waals surface area contributed by atoms with Crippen LogP contribution in [0, 0.1) is 0 Å². The van der Waals surface area contributed by atoms with Gasteiger partial charge in [-0.3, -0.25) is 4.79 Å². The van der Waals surface area contributed by atoms with Crippen LogP contribution < -0.4 is 11.1 Å². The number of hydrogen-bond donors (Lipinski definition) is 2. The minimum Gasteiger partial charge on any atom is -0.397 e. The van der Waals surface area contributed by atoms with E-state index in [1.165, 1.54) is 0 Å². The van der Waals surface area contributed by atoms with E-state index in [-0.39, 0.29) is 5.75 Å². The third-order valence-corrected chi connectivity index (χ3v) is 4.01. The molecule has 0 spiro atoms. The number of unbranched alkanes of at least 4 members (excludes halogenated alkanes) is 1. The number of para-hydroxylation sites is 2. The zero-order valence-corrected chi connectivity index (χ0v) is 11.2. The molecule has 0 radical (unpaired) electrons. The Hall–Kier alpha value is -1.56. The number of hydrogen-bond acceptors (Lipinski definition) is 4. The summed E-state index contributed by atoms with van der Waals surface area (Å²) >= 11 is 0. The number of amides is 1. The van der Waals surface area contributed by atoms with Crippen molar-refractivity contribution in [3.63, 3.8) is 0 Å². The lowest BCUT2D eigenvalue weighted by molar-refractivity contribution is -0.113. The summed E-state index contributed by atoms with van der Waals surface area (Å²) in [4.78, 5) is 11.6. The van der Waals surface area contributed by atoms with Crippen LogP contribution in [-0.4, -0.2) is 25.8 Å². The topological polar surface area (TPSA) is 89.3 Å². The third-order valence-electron chi connectivity index (χ3n) is 2.39. The number of nitrogens with one attached hydrogen (secondary N) is 1.